The zero-order chi connectivity index (χ0) is 15.1. The Balaban J connectivity index is 2.00. The Kier molecular flexibility index (Phi) is 5.33. The van der Waals surface area contributed by atoms with Gasteiger partial charge in [-0.25, -0.2) is 0 Å². The van der Waals surface area contributed by atoms with E-state index in [-0.39, 0.29) is 11.9 Å². The van der Waals surface area contributed by atoms with Crippen LogP contribution in [0.2, 0.25) is 0 Å². The highest BCUT2D eigenvalue weighted by molar-refractivity contribution is 5.91. The van der Waals surface area contributed by atoms with Crippen molar-refractivity contribution < 1.29 is 4.79 Å². The maximum Gasteiger partial charge on any atom is 0.244 e. The van der Waals surface area contributed by atoms with Gasteiger partial charge in [0.15, 0.2) is 0 Å². The Labute approximate surface area is 126 Å². The van der Waals surface area contributed by atoms with E-state index in [1.54, 1.807) is 6.08 Å². The minimum absolute atomic E-state index is 0.0542. The van der Waals surface area contributed by atoms with Crippen molar-refractivity contribution in [2.24, 2.45) is 0 Å². The lowest BCUT2D eigenvalue weighted by Gasteiger charge is -2.16. The van der Waals surface area contributed by atoms with Crippen LogP contribution in [0.25, 0.3) is 6.08 Å². The molecule has 0 aliphatic carbocycles. The number of nitrogens with one attached hydrogen (secondary N) is 1. The van der Waals surface area contributed by atoms with Gasteiger partial charge >= 0.3 is 0 Å². The molecule has 2 nitrogen and oxygen atoms in total. The van der Waals surface area contributed by atoms with Crippen molar-refractivity contribution in [3.8, 4) is 0 Å². The first-order valence-electron chi connectivity index (χ1n) is 7.29. The number of carbonyl (C=O) groups excluding carboxylic acids is 1. The first-order valence-corrected chi connectivity index (χ1v) is 7.29. The number of carbonyl (C=O) groups is 1. The molecular formula is C19H21NO. The number of hydrogen-bond donors (Lipinski definition) is 1. The van der Waals surface area contributed by atoms with Crippen molar-refractivity contribution in [2.45, 2.75) is 26.3 Å². The molecule has 1 unspecified atom stereocenters. The summed E-state index contributed by atoms with van der Waals surface area (Å²) >= 11 is 0. The molecule has 0 spiro atoms. The van der Waals surface area contributed by atoms with Gasteiger partial charge in [0.2, 0.25) is 5.91 Å². The number of benzene rings is 2. The number of aryl methyl sites for hydroxylation is 1. The molecule has 0 saturated carbocycles. The van der Waals surface area contributed by atoms with E-state index < -0.39 is 0 Å². The van der Waals surface area contributed by atoms with Crippen LogP contribution in [0.3, 0.4) is 0 Å². The first-order chi connectivity index (χ1) is 10.2. The van der Waals surface area contributed by atoms with Crippen LogP contribution in [0.4, 0.5) is 0 Å². The van der Waals surface area contributed by atoms with Crippen LogP contribution in [0.5, 0.6) is 0 Å². The Bertz CT molecular complexity index is 599. The summed E-state index contributed by atoms with van der Waals surface area (Å²) in [6.45, 7) is 4.14. The second kappa shape index (κ2) is 7.44. The maximum atomic E-state index is 12.0. The Morgan fingerprint density at radius 3 is 2.38 bits per heavy atom. The molecule has 0 radical (unpaired) electrons. The smallest absolute Gasteiger partial charge is 0.244 e. The lowest BCUT2D eigenvalue weighted by molar-refractivity contribution is -0.117. The van der Waals surface area contributed by atoms with Crippen LogP contribution in [-0.2, 0) is 4.79 Å². The molecule has 0 fully saturated rings. The molecule has 0 aliphatic heterocycles. The van der Waals surface area contributed by atoms with Gasteiger partial charge in [0, 0.05) is 6.08 Å². The van der Waals surface area contributed by atoms with Crippen LogP contribution in [-0.4, -0.2) is 5.91 Å². The zero-order valence-electron chi connectivity index (χ0n) is 12.5. The summed E-state index contributed by atoms with van der Waals surface area (Å²) in [6.07, 6.45) is 4.29. The lowest BCUT2D eigenvalue weighted by Crippen LogP contribution is -2.26. The third kappa shape index (κ3) is 4.60. The highest BCUT2D eigenvalue weighted by atomic mass is 16.1. The third-order valence-corrected chi connectivity index (χ3v) is 3.43. The van der Waals surface area contributed by atoms with Crippen molar-refractivity contribution in [2.75, 3.05) is 0 Å². The summed E-state index contributed by atoms with van der Waals surface area (Å²) in [5.74, 6) is -0.0636. The van der Waals surface area contributed by atoms with Gasteiger partial charge in [-0.3, -0.25) is 4.79 Å². The fourth-order valence-corrected chi connectivity index (χ4v) is 2.18. The Morgan fingerprint density at radius 1 is 1.10 bits per heavy atom. The fourth-order valence-electron chi connectivity index (χ4n) is 2.18. The molecule has 0 saturated heterocycles. The summed E-state index contributed by atoms with van der Waals surface area (Å²) in [4.78, 5) is 12.0. The van der Waals surface area contributed by atoms with Crippen molar-refractivity contribution in [1.29, 1.82) is 0 Å². The van der Waals surface area contributed by atoms with E-state index in [1.165, 1.54) is 5.56 Å². The minimum atomic E-state index is -0.0636. The Hall–Kier alpha value is -2.35. The fraction of sp³-hybridized carbons (Fsp3) is 0.211. The first kappa shape index (κ1) is 15.0. The number of hydrogen-bond acceptors (Lipinski definition) is 1. The lowest BCUT2D eigenvalue weighted by atomic mass is 10.0. The molecular weight excluding hydrogens is 258 g/mol. The van der Waals surface area contributed by atoms with E-state index in [1.807, 2.05) is 36.4 Å². The van der Waals surface area contributed by atoms with Gasteiger partial charge in [0.05, 0.1) is 6.04 Å². The largest absolute Gasteiger partial charge is 0.346 e. The van der Waals surface area contributed by atoms with Crippen LogP contribution in [0.15, 0.2) is 60.7 Å². The van der Waals surface area contributed by atoms with Crippen molar-refractivity contribution in [3.63, 3.8) is 0 Å². The maximum absolute atomic E-state index is 12.0. The van der Waals surface area contributed by atoms with Gasteiger partial charge < -0.3 is 5.32 Å². The SMILES string of the molecule is CCC(NC(=O)C=Cc1ccccc1)c1ccc(C)cc1. The summed E-state index contributed by atoms with van der Waals surface area (Å²) in [7, 11) is 0. The van der Waals surface area contributed by atoms with Gasteiger partial charge in [-0.05, 0) is 30.5 Å². The van der Waals surface area contributed by atoms with Crippen LogP contribution in [0, 0.1) is 6.92 Å². The molecule has 2 aromatic rings. The van der Waals surface area contributed by atoms with Gasteiger partial charge in [-0.1, -0.05) is 67.1 Å². The highest BCUT2D eigenvalue weighted by Gasteiger charge is 2.10. The number of rotatable bonds is 5. The van der Waals surface area contributed by atoms with Gasteiger partial charge in [-0.15, -0.1) is 0 Å². The van der Waals surface area contributed by atoms with Crippen molar-refractivity contribution in [1.82, 2.24) is 5.32 Å². The number of amides is 1. The van der Waals surface area contributed by atoms with E-state index in [4.69, 9.17) is 0 Å². The molecule has 0 bridgehead atoms. The second-order valence-electron chi connectivity index (χ2n) is 5.12. The van der Waals surface area contributed by atoms with E-state index in [9.17, 15) is 4.79 Å². The molecule has 1 amide bonds. The molecule has 1 N–H and O–H groups in total. The van der Waals surface area contributed by atoms with E-state index >= 15 is 0 Å². The molecule has 2 aromatic carbocycles. The van der Waals surface area contributed by atoms with E-state index in [2.05, 4.69) is 43.4 Å². The normalized spacial score (nSPS) is 12.3. The van der Waals surface area contributed by atoms with E-state index in [0.29, 0.717) is 0 Å². The predicted molar refractivity (Wildman–Crippen MR) is 87.8 cm³/mol. The summed E-state index contributed by atoms with van der Waals surface area (Å²) in [5.41, 5.74) is 3.39. The van der Waals surface area contributed by atoms with Gasteiger partial charge in [0.1, 0.15) is 0 Å². The molecule has 0 aromatic heterocycles. The summed E-state index contributed by atoms with van der Waals surface area (Å²) in [5, 5.41) is 3.05. The average Bonchev–Trinajstić information content (AvgIpc) is 2.52. The molecule has 108 valence electrons. The molecule has 0 heterocycles. The summed E-state index contributed by atoms with van der Waals surface area (Å²) < 4.78 is 0. The monoisotopic (exact) mass is 279 g/mol. The summed E-state index contributed by atoms with van der Waals surface area (Å²) in [6, 6.07) is 18.2. The van der Waals surface area contributed by atoms with Gasteiger partial charge in [0.25, 0.3) is 0 Å². The molecule has 1 atom stereocenters. The third-order valence-electron chi connectivity index (χ3n) is 3.43. The molecule has 2 rings (SSSR count). The topological polar surface area (TPSA) is 29.1 Å². The Morgan fingerprint density at radius 2 is 1.76 bits per heavy atom. The molecule has 21 heavy (non-hydrogen) atoms. The van der Waals surface area contributed by atoms with Crippen LogP contribution in [0.1, 0.15) is 36.1 Å². The highest BCUT2D eigenvalue weighted by Crippen LogP contribution is 2.17. The standard InChI is InChI=1S/C19H21NO/c1-3-18(17-12-9-15(2)10-13-17)20-19(21)14-11-16-7-5-4-6-8-16/h4-14,18H,3H2,1-2H3,(H,20,21). The average molecular weight is 279 g/mol. The molecule has 2 heteroatoms. The van der Waals surface area contributed by atoms with Crippen LogP contribution >= 0.6 is 0 Å². The predicted octanol–water partition coefficient (Wildman–Crippen LogP) is 4.28. The van der Waals surface area contributed by atoms with Crippen LogP contribution < -0.4 is 5.32 Å². The quantitative estimate of drug-likeness (QED) is 0.813. The minimum Gasteiger partial charge on any atom is -0.346 e. The van der Waals surface area contributed by atoms with E-state index in [0.717, 1.165) is 17.5 Å². The van der Waals surface area contributed by atoms with Crippen molar-refractivity contribution in [3.05, 3.63) is 77.4 Å². The molecule has 0 aliphatic rings. The van der Waals surface area contributed by atoms with Crippen molar-refractivity contribution >= 4 is 12.0 Å². The van der Waals surface area contributed by atoms with Gasteiger partial charge in [-0.2, -0.15) is 0 Å². The second-order valence-corrected chi connectivity index (χ2v) is 5.12. The zero-order valence-corrected chi connectivity index (χ0v) is 12.5.